The molecule has 0 aromatic carbocycles. The molecule has 0 bridgehead atoms. The molecular weight excluding hydrogens is 220 g/mol. The molecule has 0 aromatic rings. The minimum Gasteiger partial charge on any atom is -0.354 e. The molecule has 16 heavy (non-hydrogen) atoms. The van der Waals surface area contributed by atoms with E-state index in [4.69, 9.17) is 0 Å². The van der Waals surface area contributed by atoms with E-state index >= 15 is 0 Å². The number of carbonyl (C=O) groups is 1. The van der Waals surface area contributed by atoms with E-state index in [1.807, 2.05) is 6.26 Å². The lowest BCUT2D eigenvalue weighted by Crippen LogP contribution is -2.50. The quantitative estimate of drug-likeness (QED) is 0.772. The predicted octanol–water partition coefficient (Wildman–Crippen LogP) is 1.73. The van der Waals surface area contributed by atoms with Crippen LogP contribution in [0.3, 0.4) is 0 Å². The molecular formula is C12H24N2OS. The van der Waals surface area contributed by atoms with Crippen LogP contribution >= 0.6 is 11.8 Å². The van der Waals surface area contributed by atoms with Gasteiger partial charge < -0.3 is 10.2 Å². The number of thioether (sulfide) groups is 1. The van der Waals surface area contributed by atoms with E-state index in [9.17, 15) is 4.79 Å². The van der Waals surface area contributed by atoms with E-state index < -0.39 is 0 Å². The number of nitrogens with zero attached hydrogens (tertiary/aromatic N) is 1. The summed E-state index contributed by atoms with van der Waals surface area (Å²) in [5, 5.41) is 3.09. The van der Waals surface area contributed by atoms with Crippen molar-refractivity contribution in [3.63, 3.8) is 0 Å². The molecule has 1 N–H and O–H groups in total. The fraction of sp³-hybridized carbons (Fsp3) is 0.917. The third-order valence-electron chi connectivity index (χ3n) is 3.63. The summed E-state index contributed by atoms with van der Waals surface area (Å²) in [5.74, 6) is 1.11. The molecule has 0 radical (unpaired) electrons. The van der Waals surface area contributed by atoms with Crippen molar-refractivity contribution < 1.29 is 4.79 Å². The molecule has 0 aromatic heterocycles. The van der Waals surface area contributed by atoms with Crippen molar-refractivity contribution in [3.05, 3.63) is 0 Å². The van der Waals surface area contributed by atoms with E-state index in [0.29, 0.717) is 6.42 Å². The Morgan fingerprint density at radius 2 is 2.00 bits per heavy atom. The van der Waals surface area contributed by atoms with E-state index in [-0.39, 0.29) is 11.4 Å². The van der Waals surface area contributed by atoms with Crippen LogP contribution in [0.4, 0.5) is 0 Å². The summed E-state index contributed by atoms with van der Waals surface area (Å²) in [5.41, 5.74) is 0.217. The van der Waals surface area contributed by atoms with Gasteiger partial charge in [0.15, 0.2) is 0 Å². The summed E-state index contributed by atoms with van der Waals surface area (Å²) in [6, 6.07) is 0. The van der Waals surface area contributed by atoms with Crippen LogP contribution in [-0.2, 0) is 4.79 Å². The average Bonchev–Trinajstić information content (AvgIpc) is 2.73. The highest BCUT2D eigenvalue weighted by molar-refractivity contribution is 7.98. The molecule has 0 heterocycles. The molecule has 1 amide bonds. The summed E-state index contributed by atoms with van der Waals surface area (Å²) >= 11 is 1.72. The molecule has 1 fully saturated rings. The van der Waals surface area contributed by atoms with Crippen molar-refractivity contribution in [2.45, 2.75) is 37.6 Å². The maximum atomic E-state index is 11.6. The molecule has 0 aliphatic heterocycles. The van der Waals surface area contributed by atoms with Gasteiger partial charge in [-0.3, -0.25) is 4.79 Å². The molecule has 94 valence electrons. The first-order valence-corrected chi connectivity index (χ1v) is 7.43. The Labute approximate surface area is 103 Å². The largest absolute Gasteiger partial charge is 0.354 e. The van der Waals surface area contributed by atoms with E-state index in [1.165, 1.54) is 25.7 Å². The molecule has 0 spiro atoms. The Kier molecular flexibility index (Phi) is 5.62. The van der Waals surface area contributed by atoms with Crippen LogP contribution < -0.4 is 5.32 Å². The molecule has 0 atom stereocenters. The molecule has 1 aliphatic carbocycles. The lowest BCUT2D eigenvalue weighted by Gasteiger charge is -2.36. The summed E-state index contributed by atoms with van der Waals surface area (Å²) in [7, 11) is 4.25. The lowest BCUT2D eigenvalue weighted by molar-refractivity contribution is -0.121. The lowest BCUT2D eigenvalue weighted by atomic mass is 9.96. The van der Waals surface area contributed by atoms with E-state index in [1.54, 1.807) is 11.8 Å². The summed E-state index contributed by atoms with van der Waals surface area (Å²) < 4.78 is 0. The highest BCUT2D eigenvalue weighted by atomic mass is 32.2. The first-order valence-electron chi connectivity index (χ1n) is 6.04. The Morgan fingerprint density at radius 1 is 1.38 bits per heavy atom. The number of likely N-dealkylation sites (N-methyl/N-ethyl adjacent to an activating group) is 1. The topological polar surface area (TPSA) is 32.3 Å². The van der Waals surface area contributed by atoms with Crippen molar-refractivity contribution >= 4 is 17.7 Å². The summed E-state index contributed by atoms with van der Waals surface area (Å²) in [4.78, 5) is 13.9. The zero-order chi connectivity index (χ0) is 12.0. The van der Waals surface area contributed by atoms with Gasteiger partial charge in [-0.25, -0.2) is 0 Å². The number of rotatable bonds is 6. The summed E-state index contributed by atoms with van der Waals surface area (Å²) in [6.07, 6.45) is 7.68. The number of nitrogens with one attached hydrogen (secondary N) is 1. The Bertz CT molecular complexity index is 225. The van der Waals surface area contributed by atoms with Crippen molar-refractivity contribution in [2.75, 3.05) is 32.6 Å². The van der Waals surface area contributed by atoms with Crippen LogP contribution in [0.5, 0.6) is 0 Å². The van der Waals surface area contributed by atoms with Crippen LogP contribution in [-0.4, -0.2) is 49.0 Å². The molecule has 0 saturated heterocycles. The van der Waals surface area contributed by atoms with E-state index in [0.717, 1.165) is 12.3 Å². The number of hydrogen-bond donors (Lipinski definition) is 1. The van der Waals surface area contributed by atoms with Gasteiger partial charge in [-0.05, 0) is 33.2 Å². The normalized spacial score (nSPS) is 19.0. The second-order valence-electron chi connectivity index (χ2n) is 4.85. The zero-order valence-electron chi connectivity index (χ0n) is 10.7. The van der Waals surface area contributed by atoms with Crippen LogP contribution in [0.15, 0.2) is 0 Å². The number of amides is 1. The van der Waals surface area contributed by atoms with Crippen LogP contribution in [0.25, 0.3) is 0 Å². The Morgan fingerprint density at radius 3 is 2.50 bits per heavy atom. The fourth-order valence-corrected chi connectivity index (χ4v) is 2.75. The first-order chi connectivity index (χ1) is 7.60. The average molecular weight is 244 g/mol. The van der Waals surface area contributed by atoms with Gasteiger partial charge in [-0.15, -0.1) is 0 Å². The van der Waals surface area contributed by atoms with Crippen LogP contribution in [0.1, 0.15) is 32.1 Å². The maximum absolute atomic E-state index is 11.6. The highest BCUT2D eigenvalue weighted by Crippen LogP contribution is 2.33. The Hall–Kier alpha value is -0.220. The van der Waals surface area contributed by atoms with Crippen LogP contribution in [0.2, 0.25) is 0 Å². The van der Waals surface area contributed by atoms with Crippen molar-refractivity contribution in [1.29, 1.82) is 0 Å². The Balaban J connectivity index is 2.36. The number of carbonyl (C=O) groups excluding carboxylic acids is 1. The van der Waals surface area contributed by atoms with E-state index in [2.05, 4.69) is 24.3 Å². The minimum absolute atomic E-state index is 0.197. The first kappa shape index (κ1) is 13.8. The molecule has 3 nitrogen and oxygen atoms in total. The maximum Gasteiger partial charge on any atom is 0.220 e. The monoisotopic (exact) mass is 244 g/mol. The van der Waals surface area contributed by atoms with Crippen LogP contribution in [0, 0.1) is 0 Å². The van der Waals surface area contributed by atoms with Crippen molar-refractivity contribution in [3.8, 4) is 0 Å². The van der Waals surface area contributed by atoms with Gasteiger partial charge in [0.2, 0.25) is 5.91 Å². The molecule has 1 saturated carbocycles. The zero-order valence-corrected chi connectivity index (χ0v) is 11.5. The highest BCUT2D eigenvalue weighted by Gasteiger charge is 2.35. The van der Waals surface area contributed by atoms with Gasteiger partial charge >= 0.3 is 0 Å². The molecule has 4 heteroatoms. The SMILES string of the molecule is CSCCC(=O)NCC1(N(C)C)CCCC1. The van der Waals surface area contributed by atoms with Crippen molar-refractivity contribution in [1.82, 2.24) is 10.2 Å². The van der Waals surface area contributed by atoms with Gasteiger partial charge in [0.25, 0.3) is 0 Å². The third-order valence-corrected chi connectivity index (χ3v) is 4.24. The molecule has 0 unspecified atom stereocenters. The third kappa shape index (κ3) is 3.67. The number of hydrogen-bond acceptors (Lipinski definition) is 3. The minimum atomic E-state index is 0.197. The fourth-order valence-electron chi connectivity index (χ4n) is 2.36. The van der Waals surface area contributed by atoms with Gasteiger partial charge in [0, 0.05) is 24.3 Å². The second-order valence-corrected chi connectivity index (χ2v) is 5.83. The van der Waals surface area contributed by atoms with Gasteiger partial charge in [0.1, 0.15) is 0 Å². The smallest absolute Gasteiger partial charge is 0.220 e. The van der Waals surface area contributed by atoms with Gasteiger partial charge in [-0.2, -0.15) is 11.8 Å². The van der Waals surface area contributed by atoms with Gasteiger partial charge in [-0.1, -0.05) is 12.8 Å². The standard InChI is InChI=1S/C12H24N2OS/c1-14(2)12(7-4-5-8-12)10-13-11(15)6-9-16-3/h4-10H2,1-3H3,(H,13,15). The summed E-state index contributed by atoms with van der Waals surface area (Å²) in [6.45, 7) is 0.813. The van der Waals surface area contributed by atoms with Gasteiger partial charge in [0.05, 0.1) is 0 Å². The predicted molar refractivity (Wildman–Crippen MR) is 70.9 cm³/mol. The molecule has 1 aliphatic rings. The molecule has 1 rings (SSSR count). The van der Waals surface area contributed by atoms with Crippen molar-refractivity contribution in [2.24, 2.45) is 0 Å². The second kappa shape index (κ2) is 6.50.